The van der Waals surface area contributed by atoms with E-state index in [0.717, 1.165) is 27.5 Å². The van der Waals surface area contributed by atoms with E-state index in [4.69, 9.17) is 17.2 Å². The monoisotopic (exact) mass is 295 g/mol. The van der Waals surface area contributed by atoms with Crippen molar-refractivity contribution in [1.29, 1.82) is 0 Å². The minimum absolute atomic E-state index is 0.313. The lowest BCUT2D eigenvalue weighted by molar-refractivity contribution is 0.739. The van der Waals surface area contributed by atoms with Gasteiger partial charge in [-0.2, -0.15) is 0 Å². The van der Waals surface area contributed by atoms with Crippen LogP contribution >= 0.6 is 12.2 Å². The minimum atomic E-state index is 0.313. The third-order valence-corrected chi connectivity index (χ3v) is 3.42. The molecule has 0 amide bonds. The molecule has 2 aromatic carbocycles. The molecular formula is C17H17N3S. The smallest absolute Gasteiger partial charge is 0.170 e. The summed E-state index contributed by atoms with van der Waals surface area (Å²) in [7, 11) is 0. The second-order valence-corrected chi connectivity index (χ2v) is 5.75. The number of hydrogen-bond acceptors (Lipinski definition) is 2. The van der Waals surface area contributed by atoms with Gasteiger partial charge in [0.2, 0.25) is 0 Å². The molecule has 0 saturated heterocycles. The van der Waals surface area contributed by atoms with Gasteiger partial charge in [-0.3, -0.25) is 0 Å². The molecular weight excluding hydrogens is 278 g/mol. The summed E-state index contributed by atoms with van der Waals surface area (Å²) in [5, 5.41) is 9.27. The van der Waals surface area contributed by atoms with Crippen molar-refractivity contribution >= 4 is 44.8 Å². The van der Waals surface area contributed by atoms with Crippen LogP contribution in [-0.4, -0.2) is 16.1 Å². The number of anilines is 1. The van der Waals surface area contributed by atoms with E-state index in [1.807, 2.05) is 30.3 Å². The van der Waals surface area contributed by atoms with Crippen LogP contribution in [0.5, 0.6) is 0 Å². The van der Waals surface area contributed by atoms with Crippen molar-refractivity contribution in [2.75, 3.05) is 5.32 Å². The zero-order valence-corrected chi connectivity index (χ0v) is 12.9. The third-order valence-electron chi connectivity index (χ3n) is 3.20. The quantitative estimate of drug-likeness (QED) is 0.552. The van der Waals surface area contributed by atoms with Crippen LogP contribution in [0.3, 0.4) is 0 Å². The standard InChI is InChI=1S/C17H17N3S/c1-11(2)18-17(21)19-14-8-7-13-9-12-5-3-4-6-15(12)20-16(13)10-14/h3-11H,1-2H3,(H2,18,19,21). The van der Waals surface area contributed by atoms with Gasteiger partial charge < -0.3 is 10.6 Å². The number of hydrogen-bond donors (Lipinski definition) is 2. The van der Waals surface area contributed by atoms with E-state index in [9.17, 15) is 0 Å². The number of nitrogens with one attached hydrogen (secondary N) is 2. The van der Waals surface area contributed by atoms with E-state index in [2.05, 4.69) is 42.7 Å². The van der Waals surface area contributed by atoms with Gasteiger partial charge in [0.15, 0.2) is 5.11 Å². The number of aromatic nitrogens is 1. The second-order valence-electron chi connectivity index (χ2n) is 5.34. The molecule has 0 unspecified atom stereocenters. The number of pyridine rings is 1. The zero-order valence-electron chi connectivity index (χ0n) is 12.1. The lowest BCUT2D eigenvalue weighted by atomic mass is 10.1. The van der Waals surface area contributed by atoms with Crippen LogP contribution in [0.1, 0.15) is 13.8 Å². The molecule has 0 atom stereocenters. The average Bonchev–Trinajstić information content (AvgIpc) is 2.44. The molecule has 0 saturated carbocycles. The second kappa shape index (κ2) is 5.66. The van der Waals surface area contributed by atoms with Gasteiger partial charge in [-0.15, -0.1) is 0 Å². The summed E-state index contributed by atoms with van der Waals surface area (Å²) in [4.78, 5) is 4.70. The highest BCUT2D eigenvalue weighted by Crippen LogP contribution is 2.22. The molecule has 0 radical (unpaired) electrons. The Labute approximate surface area is 129 Å². The molecule has 0 aliphatic rings. The molecule has 2 N–H and O–H groups in total. The Bertz CT molecular complexity index is 811. The number of rotatable bonds is 2. The Hall–Kier alpha value is -2.20. The predicted molar refractivity (Wildman–Crippen MR) is 93.7 cm³/mol. The number of nitrogens with zero attached hydrogens (tertiary/aromatic N) is 1. The minimum Gasteiger partial charge on any atom is -0.360 e. The highest BCUT2D eigenvalue weighted by Gasteiger charge is 2.03. The topological polar surface area (TPSA) is 37.0 Å². The van der Waals surface area contributed by atoms with E-state index in [1.165, 1.54) is 0 Å². The Morgan fingerprint density at radius 3 is 2.57 bits per heavy atom. The van der Waals surface area contributed by atoms with Crippen molar-refractivity contribution in [3.05, 3.63) is 48.5 Å². The van der Waals surface area contributed by atoms with Crippen LogP contribution in [0.2, 0.25) is 0 Å². The molecule has 4 heteroatoms. The molecule has 3 rings (SSSR count). The van der Waals surface area contributed by atoms with Gasteiger partial charge in [-0.25, -0.2) is 4.98 Å². The van der Waals surface area contributed by atoms with Crippen molar-refractivity contribution in [1.82, 2.24) is 10.3 Å². The zero-order chi connectivity index (χ0) is 14.8. The van der Waals surface area contributed by atoms with E-state index in [0.29, 0.717) is 11.2 Å². The van der Waals surface area contributed by atoms with Crippen LogP contribution in [0, 0.1) is 0 Å². The van der Waals surface area contributed by atoms with E-state index < -0.39 is 0 Å². The number of para-hydroxylation sites is 1. The predicted octanol–water partition coefficient (Wildman–Crippen LogP) is 4.08. The van der Waals surface area contributed by atoms with Gasteiger partial charge in [0.25, 0.3) is 0 Å². The molecule has 0 aliphatic heterocycles. The fourth-order valence-corrected chi connectivity index (χ4v) is 2.63. The van der Waals surface area contributed by atoms with E-state index in [-0.39, 0.29) is 0 Å². The summed E-state index contributed by atoms with van der Waals surface area (Å²) < 4.78 is 0. The Morgan fingerprint density at radius 1 is 1.00 bits per heavy atom. The molecule has 1 heterocycles. The molecule has 0 spiro atoms. The molecule has 0 bridgehead atoms. The van der Waals surface area contributed by atoms with Gasteiger partial charge in [-0.1, -0.05) is 24.3 Å². The Kier molecular flexibility index (Phi) is 3.71. The Morgan fingerprint density at radius 2 is 1.76 bits per heavy atom. The molecule has 21 heavy (non-hydrogen) atoms. The molecule has 0 aliphatic carbocycles. The Balaban J connectivity index is 1.95. The average molecular weight is 295 g/mol. The summed E-state index contributed by atoms with van der Waals surface area (Å²) in [6.45, 7) is 4.12. The van der Waals surface area contributed by atoms with Gasteiger partial charge >= 0.3 is 0 Å². The molecule has 0 fully saturated rings. The number of thiocarbonyl (C=S) groups is 1. The van der Waals surface area contributed by atoms with Crippen molar-refractivity contribution in [2.45, 2.75) is 19.9 Å². The lowest BCUT2D eigenvalue weighted by Crippen LogP contribution is -2.33. The van der Waals surface area contributed by atoms with E-state index in [1.54, 1.807) is 0 Å². The maximum absolute atomic E-state index is 5.27. The normalized spacial score (nSPS) is 11.0. The van der Waals surface area contributed by atoms with Crippen molar-refractivity contribution in [3.8, 4) is 0 Å². The van der Waals surface area contributed by atoms with E-state index >= 15 is 0 Å². The molecule has 1 aromatic heterocycles. The molecule has 3 nitrogen and oxygen atoms in total. The van der Waals surface area contributed by atoms with Crippen LogP contribution in [0.25, 0.3) is 21.8 Å². The SMILES string of the molecule is CC(C)NC(=S)Nc1ccc2cc3ccccc3nc2c1. The summed E-state index contributed by atoms with van der Waals surface area (Å²) in [6, 6.07) is 16.7. The first kappa shape index (κ1) is 13.8. The van der Waals surface area contributed by atoms with Crippen LogP contribution in [0.15, 0.2) is 48.5 Å². The molecule has 3 aromatic rings. The first-order valence-electron chi connectivity index (χ1n) is 6.99. The van der Waals surface area contributed by atoms with Crippen LogP contribution in [-0.2, 0) is 0 Å². The van der Waals surface area contributed by atoms with Crippen molar-refractivity contribution in [3.63, 3.8) is 0 Å². The fourth-order valence-electron chi connectivity index (χ4n) is 2.28. The fraction of sp³-hybridized carbons (Fsp3) is 0.176. The first-order valence-corrected chi connectivity index (χ1v) is 7.40. The maximum Gasteiger partial charge on any atom is 0.170 e. The molecule has 106 valence electrons. The summed E-state index contributed by atoms with van der Waals surface area (Å²) >= 11 is 5.27. The number of fused-ring (bicyclic) bond motifs is 2. The highest BCUT2D eigenvalue weighted by molar-refractivity contribution is 7.80. The van der Waals surface area contributed by atoms with Crippen molar-refractivity contribution in [2.24, 2.45) is 0 Å². The largest absolute Gasteiger partial charge is 0.360 e. The summed E-state index contributed by atoms with van der Waals surface area (Å²) in [6.07, 6.45) is 0. The maximum atomic E-state index is 5.27. The summed E-state index contributed by atoms with van der Waals surface area (Å²) in [5.74, 6) is 0. The summed E-state index contributed by atoms with van der Waals surface area (Å²) in [5.41, 5.74) is 2.92. The van der Waals surface area contributed by atoms with Crippen LogP contribution in [0.4, 0.5) is 5.69 Å². The number of benzene rings is 2. The lowest BCUT2D eigenvalue weighted by Gasteiger charge is -2.13. The first-order chi connectivity index (χ1) is 10.1. The third kappa shape index (κ3) is 3.11. The highest BCUT2D eigenvalue weighted by atomic mass is 32.1. The van der Waals surface area contributed by atoms with Gasteiger partial charge in [0, 0.05) is 22.5 Å². The van der Waals surface area contributed by atoms with Crippen LogP contribution < -0.4 is 10.6 Å². The van der Waals surface area contributed by atoms with Gasteiger partial charge in [-0.05, 0) is 50.3 Å². The van der Waals surface area contributed by atoms with Crippen molar-refractivity contribution < 1.29 is 0 Å². The van der Waals surface area contributed by atoms with Gasteiger partial charge in [0.1, 0.15) is 0 Å². The van der Waals surface area contributed by atoms with Gasteiger partial charge in [0.05, 0.1) is 11.0 Å².